The highest BCUT2D eigenvalue weighted by Gasteiger charge is 2.25. The second kappa shape index (κ2) is 6.91. The third kappa shape index (κ3) is 3.85. The summed E-state index contributed by atoms with van der Waals surface area (Å²) in [6.45, 7) is 8.35. The fourth-order valence-corrected chi connectivity index (χ4v) is 4.10. The molecule has 3 nitrogen and oxygen atoms in total. The Bertz CT molecular complexity index is 706. The maximum absolute atomic E-state index is 11.1. The molecule has 0 atom stereocenters. The molecule has 0 saturated heterocycles. The van der Waals surface area contributed by atoms with Gasteiger partial charge >= 0.3 is 5.97 Å². The highest BCUT2D eigenvalue weighted by atomic mass is 127. The number of nitrogens with zero attached hydrogens (tertiary/aromatic N) is 1. The van der Waals surface area contributed by atoms with Crippen LogP contribution in [0, 0.1) is 8.99 Å². The lowest BCUT2D eigenvalue weighted by Gasteiger charge is -2.24. The first-order chi connectivity index (χ1) is 10.2. The van der Waals surface area contributed by atoms with E-state index in [4.69, 9.17) is 4.74 Å². The smallest absolute Gasteiger partial charge is 0.302 e. The average Bonchev–Trinajstić information content (AvgIpc) is 2.68. The van der Waals surface area contributed by atoms with Gasteiger partial charge < -0.3 is 9.14 Å². The van der Waals surface area contributed by atoms with Crippen LogP contribution in [0.25, 0.3) is 5.52 Å². The predicted octanol–water partition coefficient (Wildman–Crippen LogP) is 5.00. The number of fused-ring (bicyclic) bond motifs is 1. The van der Waals surface area contributed by atoms with Crippen LogP contribution in [0.15, 0.2) is 22.8 Å². The molecule has 2 heterocycles. The van der Waals surface area contributed by atoms with Crippen molar-refractivity contribution in [3.63, 3.8) is 0 Å². The molecule has 2 rings (SSSR count). The lowest BCUT2D eigenvalue weighted by Crippen LogP contribution is -2.24. The summed E-state index contributed by atoms with van der Waals surface area (Å²) in [5, 5.41) is 0. The normalized spacial score (nSPS) is 11.9. The molecular weight excluding hydrogens is 457 g/mol. The first-order valence-corrected chi connectivity index (χ1v) is 9.22. The van der Waals surface area contributed by atoms with Crippen LogP contribution < -0.4 is 0 Å². The number of halogens is 2. The Morgan fingerprint density at radius 2 is 2.14 bits per heavy atom. The van der Waals surface area contributed by atoms with Crippen LogP contribution in [0.4, 0.5) is 0 Å². The van der Waals surface area contributed by atoms with Crippen molar-refractivity contribution in [1.29, 1.82) is 0 Å². The molecule has 120 valence electrons. The van der Waals surface area contributed by atoms with Gasteiger partial charge in [-0.1, -0.05) is 36.7 Å². The predicted molar refractivity (Wildman–Crippen MR) is 101 cm³/mol. The zero-order chi connectivity index (χ0) is 16.5. The van der Waals surface area contributed by atoms with Crippen molar-refractivity contribution in [1.82, 2.24) is 4.40 Å². The average molecular weight is 478 g/mol. The first-order valence-electron chi connectivity index (χ1n) is 7.35. The summed E-state index contributed by atoms with van der Waals surface area (Å²) in [7, 11) is 0. The Hall–Kier alpha value is -0.560. The van der Waals surface area contributed by atoms with E-state index in [1.807, 2.05) is 0 Å². The van der Waals surface area contributed by atoms with Gasteiger partial charge in [0.1, 0.15) is 0 Å². The van der Waals surface area contributed by atoms with Gasteiger partial charge in [0.2, 0.25) is 0 Å². The minimum Gasteiger partial charge on any atom is -0.465 e. The molecule has 0 amide bonds. The minimum absolute atomic E-state index is 0.0965. The van der Waals surface area contributed by atoms with Crippen LogP contribution in [0.2, 0.25) is 0 Å². The molecular formula is C17H21BrINO2. The molecule has 0 aliphatic carbocycles. The summed E-state index contributed by atoms with van der Waals surface area (Å²) in [6, 6.07) is 4.23. The second-order valence-electron chi connectivity index (χ2n) is 6.31. The molecule has 0 spiro atoms. The minimum atomic E-state index is -0.221. The SMILES string of the molecule is CCc1c(I)c(CC(C)(C)COC(C)=O)c2cc(Br)ccn12. The Kier molecular flexibility index (Phi) is 5.59. The van der Waals surface area contributed by atoms with Crippen LogP contribution >= 0.6 is 38.5 Å². The first kappa shape index (κ1) is 17.8. The summed E-state index contributed by atoms with van der Waals surface area (Å²) in [6.07, 6.45) is 3.98. The monoisotopic (exact) mass is 477 g/mol. The number of pyridine rings is 1. The van der Waals surface area contributed by atoms with Crippen molar-refractivity contribution in [3.05, 3.63) is 37.6 Å². The van der Waals surface area contributed by atoms with E-state index in [0.29, 0.717) is 6.61 Å². The molecule has 22 heavy (non-hydrogen) atoms. The van der Waals surface area contributed by atoms with Gasteiger partial charge in [-0.3, -0.25) is 4.79 Å². The van der Waals surface area contributed by atoms with E-state index in [1.165, 1.54) is 27.3 Å². The highest BCUT2D eigenvalue weighted by molar-refractivity contribution is 14.1. The zero-order valence-corrected chi connectivity index (χ0v) is 17.1. The van der Waals surface area contributed by atoms with E-state index < -0.39 is 0 Å². The summed E-state index contributed by atoms with van der Waals surface area (Å²) in [5.41, 5.74) is 3.80. The number of carbonyl (C=O) groups is 1. The maximum Gasteiger partial charge on any atom is 0.302 e. The van der Waals surface area contributed by atoms with Gasteiger partial charge in [-0.15, -0.1) is 0 Å². The molecule has 0 radical (unpaired) electrons. The van der Waals surface area contributed by atoms with Crippen LogP contribution in [0.1, 0.15) is 39.0 Å². The number of rotatable bonds is 5. The van der Waals surface area contributed by atoms with Crippen molar-refractivity contribution in [2.24, 2.45) is 5.41 Å². The Labute approximate surface area is 153 Å². The molecule has 0 saturated carbocycles. The lowest BCUT2D eigenvalue weighted by molar-refractivity contribution is -0.143. The molecule has 0 unspecified atom stereocenters. The van der Waals surface area contributed by atoms with Crippen molar-refractivity contribution in [2.75, 3.05) is 6.61 Å². The van der Waals surface area contributed by atoms with Crippen molar-refractivity contribution >= 4 is 50.0 Å². The van der Waals surface area contributed by atoms with E-state index >= 15 is 0 Å². The number of aryl methyl sites for hydroxylation is 1. The third-order valence-corrected chi connectivity index (χ3v) is 5.46. The zero-order valence-electron chi connectivity index (χ0n) is 13.4. The summed E-state index contributed by atoms with van der Waals surface area (Å²) >= 11 is 6.01. The van der Waals surface area contributed by atoms with Gasteiger partial charge in [0.25, 0.3) is 0 Å². The summed E-state index contributed by atoms with van der Waals surface area (Å²) in [4.78, 5) is 11.1. The van der Waals surface area contributed by atoms with E-state index in [9.17, 15) is 4.79 Å². The van der Waals surface area contributed by atoms with Gasteiger partial charge in [-0.2, -0.15) is 0 Å². The number of carbonyl (C=O) groups excluding carboxylic acids is 1. The lowest BCUT2D eigenvalue weighted by atomic mass is 9.87. The van der Waals surface area contributed by atoms with Crippen LogP contribution in [0.5, 0.6) is 0 Å². The van der Waals surface area contributed by atoms with E-state index in [1.54, 1.807) is 0 Å². The van der Waals surface area contributed by atoms with Gasteiger partial charge in [0.15, 0.2) is 0 Å². The van der Waals surface area contributed by atoms with Crippen LogP contribution in [-0.4, -0.2) is 17.0 Å². The number of hydrogen-bond acceptors (Lipinski definition) is 2. The molecule has 0 aliphatic rings. The molecule has 0 bridgehead atoms. The fraction of sp³-hybridized carbons (Fsp3) is 0.471. The van der Waals surface area contributed by atoms with E-state index in [0.717, 1.165) is 17.3 Å². The van der Waals surface area contributed by atoms with Crippen molar-refractivity contribution < 1.29 is 9.53 Å². The van der Waals surface area contributed by atoms with Gasteiger partial charge in [0, 0.05) is 32.3 Å². The van der Waals surface area contributed by atoms with Crippen molar-refractivity contribution in [3.8, 4) is 0 Å². The number of aromatic nitrogens is 1. The second-order valence-corrected chi connectivity index (χ2v) is 8.31. The summed E-state index contributed by atoms with van der Waals surface area (Å²) < 4.78 is 9.89. The Morgan fingerprint density at radius 1 is 1.45 bits per heavy atom. The molecule has 0 aromatic carbocycles. The van der Waals surface area contributed by atoms with Crippen molar-refractivity contribution in [2.45, 2.75) is 40.5 Å². The maximum atomic E-state index is 11.1. The number of esters is 1. The Balaban J connectivity index is 2.44. The summed E-state index contributed by atoms with van der Waals surface area (Å²) in [5.74, 6) is -0.221. The Morgan fingerprint density at radius 3 is 2.73 bits per heavy atom. The quantitative estimate of drug-likeness (QED) is 0.448. The molecule has 5 heteroatoms. The van der Waals surface area contributed by atoms with E-state index in [2.05, 4.69) is 82.0 Å². The van der Waals surface area contributed by atoms with Crippen LogP contribution in [-0.2, 0) is 22.4 Å². The van der Waals surface area contributed by atoms with Gasteiger partial charge in [-0.05, 0) is 53.1 Å². The molecule has 0 fully saturated rings. The number of hydrogen-bond donors (Lipinski definition) is 0. The number of ether oxygens (including phenoxy) is 1. The highest BCUT2D eigenvalue weighted by Crippen LogP contribution is 2.33. The third-order valence-electron chi connectivity index (χ3n) is 3.69. The largest absolute Gasteiger partial charge is 0.465 e. The molecule has 0 N–H and O–H groups in total. The van der Waals surface area contributed by atoms with Gasteiger partial charge in [-0.25, -0.2) is 0 Å². The van der Waals surface area contributed by atoms with Gasteiger partial charge in [0.05, 0.1) is 12.1 Å². The van der Waals surface area contributed by atoms with Crippen LogP contribution in [0.3, 0.4) is 0 Å². The fourth-order valence-electron chi connectivity index (χ4n) is 2.65. The van der Waals surface area contributed by atoms with E-state index in [-0.39, 0.29) is 11.4 Å². The molecule has 2 aromatic rings. The molecule has 2 aromatic heterocycles. The standard InChI is InChI=1S/C17H21BrINO2/c1-5-14-16(19)13(9-17(3,4)10-22-11(2)21)15-8-12(18)6-7-20(14)15/h6-8H,5,9-10H2,1-4H3. The molecule has 0 aliphatic heterocycles. The topological polar surface area (TPSA) is 30.7 Å².